The van der Waals surface area contributed by atoms with Crippen LogP contribution in [-0.4, -0.2) is 39.8 Å². The van der Waals surface area contributed by atoms with Crippen molar-refractivity contribution in [3.05, 3.63) is 83.5 Å². The number of aromatic nitrogens is 4. The maximum Gasteiger partial charge on any atom is 0.226 e. The van der Waals surface area contributed by atoms with Gasteiger partial charge in [0.15, 0.2) is 17.3 Å². The van der Waals surface area contributed by atoms with Crippen molar-refractivity contribution in [3.63, 3.8) is 0 Å². The highest BCUT2D eigenvalue weighted by Gasteiger charge is 2.40. The van der Waals surface area contributed by atoms with Gasteiger partial charge in [-0.2, -0.15) is 10.1 Å². The van der Waals surface area contributed by atoms with Gasteiger partial charge in [-0.25, -0.2) is 4.68 Å². The summed E-state index contributed by atoms with van der Waals surface area (Å²) in [5.41, 5.74) is 4.55. The molecule has 3 heterocycles. The molecule has 8 nitrogen and oxygen atoms in total. The minimum atomic E-state index is -0.361. The monoisotopic (exact) mass is 453 g/mol. The highest BCUT2D eigenvalue weighted by molar-refractivity contribution is 6.01. The third-order valence-corrected chi connectivity index (χ3v) is 6.72. The van der Waals surface area contributed by atoms with Gasteiger partial charge in [0.2, 0.25) is 5.95 Å². The Kier molecular flexibility index (Phi) is 4.79. The minimum Gasteiger partial charge on any atom is -0.493 e. The first-order valence-electron chi connectivity index (χ1n) is 11.2. The Bertz CT molecular complexity index is 1450. The van der Waals surface area contributed by atoms with Crippen molar-refractivity contribution in [1.29, 1.82) is 0 Å². The van der Waals surface area contributed by atoms with Crippen LogP contribution in [0.15, 0.2) is 72.3 Å². The van der Waals surface area contributed by atoms with Crippen molar-refractivity contribution >= 4 is 22.6 Å². The molecule has 6 rings (SSSR count). The lowest BCUT2D eigenvalue weighted by Crippen LogP contribution is -2.33. The van der Waals surface area contributed by atoms with Gasteiger partial charge in [0.1, 0.15) is 12.4 Å². The first kappa shape index (κ1) is 20.4. The number of ether oxygens (including phenoxy) is 2. The molecule has 0 spiro atoms. The van der Waals surface area contributed by atoms with Crippen LogP contribution < -0.4 is 14.8 Å². The number of anilines is 1. The predicted octanol–water partition coefficient (Wildman–Crippen LogP) is 4.26. The number of carbonyl (C=O) groups excluding carboxylic acids is 1. The molecule has 0 bridgehead atoms. The summed E-state index contributed by atoms with van der Waals surface area (Å²) in [6.07, 6.45) is 4.40. The molecule has 0 amide bonds. The normalized spacial score (nSPS) is 19.4. The molecule has 0 saturated heterocycles. The maximum atomic E-state index is 13.7. The zero-order valence-corrected chi connectivity index (χ0v) is 18.9. The van der Waals surface area contributed by atoms with Gasteiger partial charge in [0, 0.05) is 29.3 Å². The van der Waals surface area contributed by atoms with Crippen LogP contribution in [0.5, 0.6) is 11.5 Å². The van der Waals surface area contributed by atoms with Gasteiger partial charge in [0.25, 0.3) is 0 Å². The number of fused-ring (bicyclic) bond motifs is 2. The average Bonchev–Trinajstić information content (AvgIpc) is 3.35. The number of Topliss-reactive ketones (excluding diaryl/α,β-unsaturated/α-hetero) is 1. The molecule has 2 atom stereocenters. The van der Waals surface area contributed by atoms with Crippen molar-refractivity contribution < 1.29 is 14.3 Å². The lowest BCUT2D eigenvalue weighted by molar-refractivity contribution is -0.116. The van der Waals surface area contributed by atoms with Gasteiger partial charge in [-0.1, -0.05) is 24.3 Å². The number of benzene rings is 2. The second-order valence-electron chi connectivity index (χ2n) is 8.51. The molecule has 0 radical (unpaired) electrons. The van der Waals surface area contributed by atoms with Gasteiger partial charge in [-0.05, 0) is 47.7 Å². The number of nitrogens with one attached hydrogen (secondary N) is 1. The SMILES string of the molecule is COc1ccc(C2CC(=O)C3=C(C2)Nc2ncnn2C3c2ccnc3ccccc23)cc1OC. The van der Waals surface area contributed by atoms with E-state index in [0.717, 1.165) is 33.3 Å². The van der Waals surface area contributed by atoms with E-state index in [9.17, 15) is 4.79 Å². The topological polar surface area (TPSA) is 91.2 Å². The van der Waals surface area contributed by atoms with Gasteiger partial charge < -0.3 is 14.8 Å². The van der Waals surface area contributed by atoms with Crippen LogP contribution in [0.3, 0.4) is 0 Å². The smallest absolute Gasteiger partial charge is 0.226 e. The van der Waals surface area contributed by atoms with Crippen molar-refractivity contribution in [2.24, 2.45) is 0 Å². The Morgan fingerprint density at radius 2 is 1.85 bits per heavy atom. The first-order chi connectivity index (χ1) is 16.7. The standard InChI is InChI=1S/C26H23N5O3/c1-33-22-8-7-15(13-23(22)34-2)16-11-20-24(21(32)12-16)25(31-26(30-20)28-14-29-31)18-9-10-27-19-6-4-3-5-17(18)19/h3-10,13-14,16,25H,11-12H2,1-2H3,(H,28,29,30). The number of hydrogen-bond donors (Lipinski definition) is 1. The Hall–Kier alpha value is -4.20. The van der Waals surface area contributed by atoms with Crippen LogP contribution >= 0.6 is 0 Å². The number of nitrogens with zero attached hydrogens (tertiary/aromatic N) is 4. The largest absolute Gasteiger partial charge is 0.493 e. The van der Waals surface area contributed by atoms with E-state index in [-0.39, 0.29) is 17.7 Å². The molecule has 2 aliphatic rings. The highest BCUT2D eigenvalue weighted by atomic mass is 16.5. The Balaban J connectivity index is 1.46. The second kappa shape index (κ2) is 7.98. The van der Waals surface area contributed by atoms with E-state index in [2.05, 4.69) is 20.4 Å². The third kappa shape index (κ3) is 3.14. The number of para-hydroxylation sites is 1. The summed E-state index contributed by atoms with van der Waals surface area (Å²) in [7, 11) is 3.23. The summed E-state index contributed by atoms with van der Waals surface area (Å²) < 4.78 is 12.7. The summed E-state index contributed by atoms with van der Waals surface area (Å²) in [6, 6.07) is 15.4. The molecule has 34 heavy (non-hydrogen) atoms. The molecule has 0 fully saturated rings. The van der Waals surface area contributed by atoms with Gasteiger partial charge in [-0.3, -0.25) is 9.78 Å². The lowest BCUT2D eigenvalue weighted by atomic mass is 9.77. The molecule has 2 aromatic carbocycles. The number of allylic oxidation sites excluding steroid dienone is 2. The molecule has 2 unspecified atom stereocenters. The summed E-state index contributed by atoms with van der Waals surface area (Å²) in [6.45, 7) is 0. The number of rotatable bonds is 4. The molecule has 1 aliphatic carbocycles. The van der Waals surface area contributed by atoms with E-state index >= 15 is 0 Å². The van der Waals surface area contributed by atoms with Crippen molar-refractivity contribution in [2.75, 3.05) is 19.5 Å². The Morgan fingerprint density at radius 3 is 2.71 bits per heavy atom. The Labute approximate surface area is 196 Å². The predicted molar refractivity (Wildman–Crippen MR) is 127 cm³/mol. The van der Waals surface area contributed by atoms with E-state index in [1.165, 1.54) is 6.33 Å². The average molecular weight is 454 g/mol. The van der Waals surface area contributed by atoms with Gasteiger partial charge in [0.05, 0.1) is 19.7 Å². The molecule has 1 N–H and O–H groups in total. The van der Waals surface area contributed by atoms with E-state index in [0.29, 0.717) is 30.3 Å². The summed E-state index contributed by atoms with van der Waals surface area (Å²) in [5.74, 6) is 2.07. The van der Waals surface area contributed by atoms with Crippen LogP contribution in [0, 0.1) is 0 Å². The maximum absolute atomic E-state index is 13.7. The van der Waals surface area contributed by atoms with Crippen LogP contribution in [0.2, 0.25) is 0 Å². The summed E-state index contributed by atoms with van der Waals surface area (Å²) >= 11 is 0. The van der Waals surface area contributed by atoms with E-state index in [1.807, 2.05) is 48.5 Å². The number of methoxy groups -OCH3 is 2. The van der Waals surface area contributed by atoms with E-state index in [4.69, 9.17) is 9.47 Å². The fourth-order valence-electron chi connectivity index (χ4n) is 5.14. The second-order valence-corrected chi connectivity index (χ2v) is 8.51. The zero-order chi connectivity index (χ0) is 23.2. The molecule has 4 aromatic rings. The molecule has 0 saturated carbocycles. The van der Waals surface area contributed by atoms with E-state index in [1.54, 1.807) is 25.1 Å². The minimum absolute atomic E-state index is 0.0165. The van der Waals surface area contributed by atoms with Crippen molar-refractivity contribution in [2.45, 2.75) is 24.8 Å². The first-order valence-corrected chi connectivity index (χ1v) is 11.2. The van der Waals surface area contributed by atoms with Gasteiger partial charge >= 0.3 is 0 Å². The molecular formula is C26H23N5O3. The fourth-order valence-corrected chi connectivity index (χ4v) is 5.14. The van der Waals surface area contributed by atoms with Crippen molar-refractivity contribution in [3.8, 4) is 11.5 Å². The number of carbonyl (C=O) groups is 1. The van der Waals surface area contributed by atoms with E-state index < -0.39 is 0 Å². The number of hydrogen-bond acceptors (Lipinski definition) is 7. The highest BCUT2D eigenvalue weighted by Crippen LogP contribution is 2.45. The third-order valence-electron chi connectivity index (χ3n) is 6.72. The van der Waals surface area contributed by atoms with Gasteiger partial charge in [-0.15, -0.1) is 0 Å². The zero-order valence-electron chi connectivity index (χ0n) is 18.9. The lowest BCUT2D eigenvalue weighted by Gasteiger charge is -2.35. The van der Waals surface area contributed by atoms with Crippen LogP contribution in [-0.2, 0) is 4.79 Å². The molecule has 170 valence electrons. The van der Waals surface area contributed by atoms with Crippen LogP contribution in [0.1, 0.15) is 35.9 Å². The molecule has 8 heteroatoms. The number of pyridine rings is 1. The van der Waals surface area contributed by atoms with Crippen molar-refractivity contribution in [1.82, 2.24) is 19.7 Å². The summed E-state index contributed by atoms with van der Waals surface area (Å²) in [5, 5.41) is 8.86. The summed E-state index contributed by atoms with van der Waals surface area (Å²) in [4.78, 5) is 22.6. The molecule has 2 aromatic heterocycles. The van der Waals surface area contributed by atoms with Crippen LogP contribution in [0.25, 0.3) is 10.9 Å². The molecular weight excluding hydrogens is 430 g/mol. The Morgan fingerprint density at radius 1 is 1.00 bits per heavy atom. The number of ketones is 1. The fraction of sp³-hybridized carbons (Fsp3) is 0.231. The quantitative estimate of drug-likeness (QED) is 0.494. The molecule has 1 aliphatic heterocycles. The van der Waals surface area contributed by atoms with Crippen LogP contribution in [0.4, 0.5) is 5.95 Å².